The topological polar surface area (TPSA) is 56.0 Å². The lowest BCUT2D eigenvalue weighted by atomic mass is 9.88. The first-order valence-corrected chi connectivity index (χ1v) is 6.83. The number of halogens is 1. The lowest BCUT2D eigenvalue weighted by molar-refractivity contribution is 0.248. The predicted octanol–water partition coefficient (Wildman–Crippen LogP) is 3.53. The smallest absolute Gasteiger partial charge is 0.103 e. The maximum atomic E-state index is 9.12. The van der Waals surface area contributed by atoms with E-state index in [1.54, 1.807) is 0 Å². The van der Waals surface area contributed by atoms with Crippen LogP contribution in [0.3, 0.4) is 0 Å². The molecule has 0 amide bonds. The van der Waals surface area contributed by atoms with E-state index in [4.69, 9.17) is 10.4 Å². The number of nitrogens with zero attached hydrogens (tertiary/aromatic N) is 1. The molecule has 0 aliphatic carbocycles. The van der Waals surface area contributed by atoms with E-state index in [-0.39, 0.29) is 12.0 Å². The van der Waals surface area contributed by atoms with Crippen LogP contribution in [0.5, 0.6) is 0 Å². The average Bonchev–Trinajstić information content (AvgIpc) is 2.34. The molecule has 98 valence electrons. The number of aliphatic hydroxyl groups excluding tert-OH is 1. The minimum absolute atomic E-state index is 0.0950. The lowest BCUT2D eigenvalue weighted by Gasteiger charge is -2.25. The number of hydrogen-bond acceptors (Lipinski definition) is 3. The number of rotatable bonds is 6. The summed E-state index contributed by atoms with van der Waals surface area (Å²) in [7, 11) is 0. The Labute approximate surface area is 117 Å². The Bertz CT molecular complexity index is 438. The van der Waals surface area contributed by atoms with Crippen LogP contribution in [0.4, 0.5) is 5.69 Å². The summed E-state index contributed by atoms with van der Waals surface area (Å²) in [5.74, 6) is 0. The molecule has 0 aliphatic heterocycles. The Morgan fingerprint density at radius 1 is 1.44 bits per heavy atom. The van der Waals surface area contributed by atoms with Crippen LogP contribution in [0.25, 0.3) is 0 Å². The third kappa shape index (κ3) is 4.32. The van der Waals surface area contributed by atoms with Gasteiger partial charge >= 0.3 is 0 Å². The summed E-state index contributed by atoms with van der Waals surface area (Å²) in [6.07, 6.45) is 1.75. The van der Waals surface area contributed by atoms with Crippen LogP contribution in [-0.4, -0.2) is 18.3 Å². The lowest BCUT2D eigenvalue weighted by Crippen LogP contribution is -2.23. The van der Waals surface area contributed by atoms with E-state index in [0.717, 1.165) is 29.5 Å². The van der Waals surface area contributed by atoms with Crippen molar-refractivity contribution in [1.82, 2.24) is 0 Å². The molecular weight excluding hydrogens is 292 g/mol. The van der Waals surface area contributed by atoms with Gasteiger partial charge in [0.25, 0.3) is 0 Å². The van der Waals surface area contributed by atoms with E-state index < -0.39 is 0 Å². The summed E-state index contributed by atoms with van der Waals surface area (Å²) >= 11 is 3.37. The number of hydrogen-bond donors (Lipinski definition) is 2. The third-order valence-corrected chi connectivity index (χ3v) is 3.56. The van der Waals surface area contributed by atoms with Crippen molar-refractivity contribution in [1.29, 1.82) is 5.26 Å². The second-order valence-electron chi connectivity index (χ2n) is 5.12. The van der Waals surface area contributed by atoms with Crippen molar-refractivity contribution in [2.45, 2.75) is 26.7 Å². The molecule has 4 heteroatoms. The highest BCUT2D eigenvalue weighted by molar-refractivity contribution is 9.10. The molecule has 0 aromatic heterocycles. The second kappa shape index (κ2) is 6.77. The molecule has 18 heavy (non-hydrogen) atoms. The van der Waals surface area contributed by atoms with Gasteiger partial charge in [0.15, 0.2) is 0 Å². The minimum Gasteiger partial charge on any atom is -0.396 e. The first kappa shape index (κ1) is 15.0. The molecule has 1 aromatic rings. The number of anilines is 1. The highest BCUT2D eigenvalue weighted by Gasteiger charge is 2.17. The maximum Gasteiger partial charge on any atom is 0.103 e. The van der Waals surface area contributed by atoms with Gasteiger partial charge in [-0.3, -0.25) is 0 Å². The van der Waals surface area contributed by atoms with Crippen LogP contribution in [0.15, 0.2) is 22.7 Å². The fourth-order valence-electron chi connectivity index (χ4n) is 1.77. The molecule has 2 N–H and O–H groups in total. The Kier molecular flexibility index (Phi) is 5.64. The average molecular weight is 311 g/mol. The fraction of sp³-hybridized carbons (Fsp3) is 0.500. The van der Waals surface area contributed by atoms with Gasteiger partial charge in [0, 0.05) is 17.6 Å². The first-order chi connectivity index (χ1) is 8.50. The Morgan fingerprint density at radius 2 is 2.17 bits per heavy atom. The van der Waals surface area contributed by atoms with Gasteiger partial charge in [0.2, 0.25) is 0 Å². The van der Waals surface area contributed by atoms with Crippen LogP contribution in [0.1, 0.15) is 32.3 Å². The quantitative estimate of drug-likeness (QED) is 0.845. The van der Waals surface area contributed by atoms with Crippen molar-refractivity contribution in [3.8, 4) is 6.07 Å². The summed E-state index contributed by atoms with van der Waals surface area (Å²) in [4.78, 5) is 0. The van der Waals surface area contributed by atoms with E-state index in [1.807, 2.05) is 18.2 Å². The number of nitriles is 1. The first-order valence-electron chi connectivity index (χ1n) is 6.03. The molecule has 0 spiro atoms. The molecule has 0 fully saturated rings. The highest BCUT2D eigenvalue weighted by Crippen LogP contribution is 2.27. The van der Waals surface area contributed by atoms with Crippen molar-refractivity contribution in [2.75, 3.05) is 18.5 Å². The maximum absolute atomic E-state index is 9.12. The normalized spacial score (nSPS) is 11.1. The van der Waals surface area contributed by atoms with Gasteiger partial charge in [-0.1, -0.05) is 19.9 Å². The van der Waals surface area contributed by atoms with E-state index in [2.05, 4.69) is 41.2 Å². The van der Waals surface area contributed by atoms with Gasteiger partial charge in [-0.15, -0.1) is 0 Å². The summed E-state index contributed by atoms with van der Waals surface area (Å²) in [5.41, 5.74) is 1.58. The molecule has 0 unspecified atom stereocenters. The Hall–Kier alpha value is -1.05. The molecule has 0 saturated heterocycles. The van der Waals surface area contributed by atoms with Crippen molar-refractivity contribution in [2.24, 2.45) is 5.41 Å². The van der Waals surface area contributed by atoms with Gasteiger partial charge in [-0.25, -0.2) is 0 Å². The SMILES string of the molecule is CC(C)(CCCO)CNc1cccc(Br)c1C#N. The molecular formula is C14H19BrN2O. The molecule has 0 saturated carbocycles. The van der Waals surface area contributed by atoms with Crippen LogP contribution in [-0.2, 0) is 0 Å². The molecule has 3 nitrogen and oxygen atoms in total. The summed E-state index contributed by atoms with van der Waals surface area (Å²) in [6, 6.07) is 7.87. The molecule has 1 rings (SSSR count). The molecule has 0 aliphatic rings. The van der Waals surface area contributed by atoms with Crippen LogP contribution >= 0.6 is 15.9 Å². The van der Waals surface area contributed by atoms with Gasteiger partial charge in [-0.05, 0) is 46.3 Å². The van der Waals surface area contributed by atoms with E-state index >= 15 is 0 Å². The summed E-state index contributed by atoms with van der Waals surface area (Å²) in [6.45, 7) is 5.31. The number of nitrogens with one attached hydrogen (secondary N) is 1. The molecule has 0 atom stereocenters. The Balaban J connectivity index is 2.69. The van der Waals surface area contributed by atoms with Gasteiger partial charge in [0.1, 0.15) is 6.07 Å². The predicted molar refractivity (Wildman–Crippen MR) is 77.4 cm³/mol. The van der Waals surface area contributed by atoms with Gasteiger partial charge in [0.05, 0.1) is 11.3 Å². The second-order valence-corrected chi connectivity index (χ2v) is 5.97. The van der Waals surface area contributed by atoms with Crippen LogP contribution < -0.4 is 5.32 Å². The van der Waals surface area contributed by atoms with Crippen molar-refractivity contribution < 1.29 is 5.11 Å². The van der Waals surface area contributed by atoms with Crippen molar-refractivity contribution >= 4 is 21.6 Å². The third-order valence-electron chi connectivity index (χ3n) is 2.89. The monoisotopic (exact) mass is 310 g/mol. The molecule has 0 heterocycles. The van der Waals surface area contributed by atoms with Crippen molar-refractivity contribution in [3.05, 3.63) is 28.2 Å². The largest absolute Gasteiger partial charge is 0.396 e. The zero-order chi connectivity index (χ0) is 13.6. The fourth-order valence-corrected chi connectivity index (χ4v) is 2.22. The molecule has 0 bridgehead atoms. The number of benzene rings is 1. The molecule has 0 radical (unpaired) electrons. The van der Waals surface area contributed by atoms with Crippen LogP contribution in [0, 0.1) is 16.7 Å². The number of aliphatic hydroxyl groups is 1. The highest BCUT2D eigenvalue weighted by atomic mass is 79.9. The summed E-state index contributed by atoms with van der Waals surface area (Å²) < 4.78 is 0.808. The minimum atomic E-state index is 0.0950. The van der Waals surface area contributed by atoms with Gasteiger partial charge in [-0.2, -0.15) is 5.26 Å². The van der Waals surface area contributed by atoms with E-state index in [1.165, 1.54) is 0 Å². The van der Waals surface area contributed by atoms with E-state index in [9.17, 15) is 0 Å². The van der Waals surface area contributed by atoms with Gasteiger partial charge < -0.3 is 10.4 Å². The van der Waals surface area contributed by atoms with E-state index in [0.29, 0.717) is 5.56 Å². The van der Waals surface area contributed by atoms with Crippen LogP contribution in [0.2, 0.25) is 0 Å². The van der Waals surface area contributed by atoms with Crippen molar-refractivity contribution in [3.63, 3.8) is 0 Å². The zero-order valence-electron chi connectivity index (χ0n) is 10.8. The zero-order valence-corrected chi connectivity index (χ0v) is 12.4. The summed E-state index contributed by atoms with van der Waals surface area (Å²) in [5, 5.41) is 21.3. The standard InChI is InChI=1S/C14H19BrN2O/c1-14(2,7-4-8-18)10-17-13-6-3-5-12(15)11(13)9-16/h3,5-6,17-18H,4,7-8,10H2,1-2H3. The Morgan fingerprint density at radius 3 is 2.78 bits per heavy atom. The molecule has 1 aromatic carbocycles.